The van der Waals surface area contributed by atoms with E-state index in [2.05, 4.69) is 31.1 Å². The predicted octanol–water partition coefficient (Wildman–Crippen LogP) is 2.80. The number of halogens is 2. The molecular weight excluding hydrogens is 212 g/mol. The zero-order valence-electron chi connectivity index (χ0n) is 10.0. The molecule has 5 heteroatoms. The number of imidazole rings is 1. The van der Waals surface area contributed by atoms with Crippen molar-refractivity contribution in [1.29, 1.82) is 0 Å². The van der Waals surface area contributed by atoms with Crippen molar-refractivity contribution in [2.45, 2.75) is 40.3 Å². The minimum Gasteiger partial charge on any atom is -0.310 e. The number of nitrogens with one attached hydrogen (secondary N) is 1. The van der Waals surface area contributed by atoms with Crippen LogP contribution in [0.5, 0.6) is 0 Å². The van der Waals surface area contributed by atoms with Gasteiger partial charge in [0.1, 0.15) is 5.82 Å². The Morgan fingerprint density at radius 2 is 2.12 bits per heavy atom. The maximum absolute atomic E-state index is 12.5. The second-order valence-corrected chi connectivity index (χ2v) is 5.02. The van der Waals surface area contributed by atoms with E-state index in [1.54, 1.807) is 0 Å². The lowest BCUT2D eigenvalue weighted by Gasteiger charge is -2.18. The zero-order chi connectivity index (χ0) is 12.2. The van der Waals surface area contributed by atoms with Gasteiger partial charge in [-0.05, 0) is 18.4 Å². The lowest BCUT2D eigenvalue weighted by molar-refractivity contribution is 0.0666. The van der Waals surface area contributed by atoms with Crippen molar-refractivity contribution in [2.75, 3.05) is 6.54 Å². The van der Waals surface area contributed by atoms with Crippen molar-refractivity contribution in [3.63, 3.8) is 0 Å². The second-order valence-electron chi connectivity index (χ2n) is 5.02. The van der Waals surface area contributed by atoms with Crippen LogP contribution in [0.1, 0.15) is 39.6 Å². The number of nitrogens with zero attached hydrogens (tertiary/aromatic N) is 2. The lowest BCUT2D eigenvalue weighted by Crippen LogP contribution is -2.22. The zero-order valence-corrected chi connectivity index (χ0v) is 10.0. The smallest absolute Gasteiger partial charge is 0.310 e. The molecule has 0 aromatic carbocycles. The van der Waals surface area contributed by atoms with Gasteiger partial charge in [0.2, 0.25) is 0 Å². The van der Waals surface area contributed by atoms with E-state index in [0.717, 1.165) is 17.5 Å². The first-order valence-corrected chi connectivity index (χ1v) is 5.41. The average molecular weight is 231 g/mol. The highest BCUT2D eigenvalue weighted by atomic mass is 19.3. The Balaban J connectivity index is 2.35. The van der Waals surface area contributed by atoms with Crippen molar-refractivity contribution in [3.8, 4) is 0 Å². The minimum atomic E-state index is -2.51. The fourth-order valence-electron chi connectivity index (χ4n) is 1.32. The summed E-state index contributed by atoms with van der Waals surface area (Å²) in [5.74, 6) is 0.379. The van der Waals surface area contributed by atoms with Crippen LogP contribution < -0.4 is 5.32 Å². The molecule has 0 amide bonds. The number of rotatable bonds is 5. The Morgan fingerprint density at radius 3 is 2.69 bits per heavy atom. The third-order valence-corrected chi connectivity index (χ3v) is 2.29. The highest BCUT2D eigenvalue weighted by Gasteiger charge is 2.12. The molecule has 0 aliphatic heterocycles. The molecule has 1 N–H and O–H groups in total. The maximum Gasteiger partial charge on any atom is 0.319 e. The quantitative estimate of drug-likeness (QED) is 0.790. The van der Waals surface area contributed by atoms with Crippen LogP contribution in [-0.4, -0.2) is 16.1 Å². The second kappa shape index (κ2) is 5.39. The van der Waals surface area contributed by atoms with Crippen LogP contribution in [0.4, 0.5) is 8.78 Å². The van der Waals surface area contributed by atoms with Gasteiger partial charge in [-0.25, -0.2) is 4.98 Å². The molecule has 0 atom stereocenters. The first-order chi connectivity index (χ1) is 7.40. The van der Waals surface area contributed by atoms with E-state index in [1.165, 1.54) is 12.4 Å². The molecule has 3 nitrogen and oxygen atoms in total. The normalized spacial score (nSPS) is 12.4. The van der Waals surface area contributed by atoms with Gasteiger partial charge in [-0.15, -0.1) is 0 Å². The molecule has 1 aromatic heterocycles. The van der Waals surface area contributed by atoms with Gasteiger partial charge in [0, 0.05) is 12.4 Å². The molecule has 0 saturated heterocycles. The average Bonchev–Trinajstić information content (AvgIpc) is 2.58. The van der Waals surface area contributed by atoms with Crippen molar-refractivity contribution in [1.82, 2.24) is 14.9 Å². The van der Waals surface area contributed by atoms with E-state index in [-0.39, 0.29) is 5.41 Å². The van der Waals surface area contributed by atoms with Gasteiger partial charge in [0.05, 0.1) is 6.54 Å². The van der Waals surface area contributed by atoms with Gasteiger partial charge < -0.3 is 5.32 Å². The van der Waals surface area contributed by atoms with Gasteiger partial charge in [-0.1, -0.05) is 20.8 Å². The van der Waals surface area contributed by atoms with E-state index in [4.69, 9.17) is 0 Å². The van der Waals surface area contributed by atoms with Crippen molar-refractivity contribution in [3.05, 3.63) is 18.2 Å². The van der Waals surface area contributed by atoms with E-state index in [1.807, 2.05) is 0 Å². The van der Waals surface area contributed by atoms with E-state index in [0.29, 0.717) is 12.4 Å². The molecule has 0 fully saturated rings. The summed E-state index contributed by atoms with van der Waals surface area (Å²) < 4.78 is 25.8. The first kappa shape index (κ1) is 13.1. The summed E-state index contributed by atoms with van der Waals surface area (Å²) in [6, 6.07) is 0. The number of hydrogen-bond acceptors (Lipinski definition) is 2. The molecule has 0 spiro atoms. The summed E-state index contributed by atoms with van der Waals surface area (Å²) in [6.45, 7) is 5.12. The van der Waals surface area contributed by atoms with Gasteiger partial charge in [0.25, 0.3) is 0 Å². The summed E-state index contributed by atoms with van der Waals surface area (Å²) in [5, 5.41) is 3.12. The SMILES string of the molecule is CC(C)(C)CCNCc1nccn1C(F)F. The molecular formula is C11H19F2N3. The molecule has 0 radical (unpaired) electrons. The maximum atomic E-state index is 12.5. The molecule has 0 aliphatic rings. The van der Waals surface area contributed by atoms with Crippen LogP contribution in [0.2, 0.25) is 0 Å². The van der Waals surface area contributed by atoms with E-state index >= 15 is 0 Å². The highest BCUT2D eigenvalue weighted by Crippen LogP contribution is 2.17. The van der Waals surface area contributed by atoms with Crippen LogP contribution in [0.15, 0.2) is 12.4 Å². The summed E-state index contributed by atoms with van der Waals surface area (Å²) in [7, 11) is 0. The fraction of sp³-hybridized carbons (Fsp3) is 0.727. The minimum absolute atomic E-state index is 0.255. The molecule has 16 heavy (non-hydrogen) atoms. The Labute approximate surface area is 94.9 Å². The van der Waals surface area contributed by atoms with Crippen LogP contribution in [0.25, 0.3) is 0 Å². The summed E-state index contributed by atoms with van der Waals surface area (Å²) >= 11 is 0. The van der Waals surface area contributed by atoms with Gasteiger partial charge in [-0.2, -0.15) is 8.78 Å². The van der Waals surface area contributed by atoms with Crippen LogP contribution >= 0.6 is 0 Å². The van der Waals surface area contributed by atoms with Crippen molar-refractivity contribution >= 4 is 0 Å². The molecule has 0 aliphatic carbocycles. The monoisotopic (exact) mass is 231 g/mol. The summed E-state index contributed by atoms with van der Waals surface area (Å²) in [4.78, 5) is 3.89. The topological polar surface area (TPSA) is 29.9 Å². The van der Waals surface area contributed by atoms with Crippen LogP contribution in [-0.2, 0) is 6.54 Å². The van der Waals surface area contributed by atoms with E-state index in [9.17, 15) is 8.78 Å². The molecule has 92 valence electrons. The summed E-state index contributed by atoms with van der Waals surface area (Å²) in [6.07, 6.45) is 3.70. The Hall–Kier alpha value is -0.970. The molecule has 0 bridgehead atoms. The number of alkyl halides is 2. The Kier molecular flexibility index (Phi) is 4.41. The summed E-state index contributed by atoms with van der Waals surface area (Å²) in [5.41, 5.74) is 0.255. The Morgan fingerprint density at radius 1 is 1.44 bits per heavy atom. The van der Waals surface area contributed by atoms with Crippen molar-refractivity contribution < 1.29 is 8.78 Å². The fourth-order valence-corrected chi connectivity index (χ4v) is 1.32. The lowest BCUT2D eigenvalue weighted by atomic mass is 9.92. The largest absolute Gasteiger partial charge is 0.319 e. The van der Waals surface area contributed by atoms with Crippen molar-refractivity contribution in [2.24, 2.45) is 5.41 Å². The molecule has 1 heterocycles. The van der Waals surface area contributed by atoms with Crippen LogP contribution in [0.3, 0.4) is 0 Å². The molecule has 0 saturated carbocycles. The third-order valence-electron chi connectivity index (χ3n) is 2.29. The van der Waals surface area contributed by atoms with Gasteiger partial charge in [-0.3, -0.25) is 4.57 Å². The molecule has 0 unspecified atom stereocenters. The van der Waals surface area contributed by atoms with E-state index < -0.39 is 6.55 Å². The molecule has 1 aromatic rings. The van der Waals surface area contributed by atoms with Gasteiger partial charge >= 0.3 is 6.55 Å². The first-order valence-electron chi connectivity index (χ1n) is 5.41. The predicted molar refractivity (Wildman–Crippen MR) is 59.3 cm³/mol. The Bertz CT molecular complexity index is 315. The standard InChI is InChI=1S/C11H19F2N3/c1-11(2,3)4-5-14-8-9-15-6-7-16(9)10(12)13/h6-7,10,14H,4-5,8H2,1-3H3. The molecule has 1 rings (SSSR count). The number of hydrogen-bond donors (Lipinski definition) is 1. The third kappa shape index (κ3) is 4.26. The van der Waals surface area contributed by atoms with Gasteiger partial charge in [0.15, 0.2) is 0 Å². The number of aromatic nitrogens is 2. The van der Waals surface area contributed by atoms with Crippen LogP contribution in [0, 0.1) is 5.41 Å². The highest BCUT2D eigenvalue weighted by molar-refractivity contribution is 4.92.